The number of rotatable bonds is 4. The molecular formula is C15H26O3. The first-order chi connectivity index (χ1) is 8.37. The molecule has 3 fully saturated rings. The molecule has 18 heavy (non-hydrogen) atoms. The standard InChI is InChI=1S/C15H26O3/c1-5-6-7-13(16)17-12-10-11-8-9-15(12,4)18-14(11,2)3/h11-12H,5-10H2,1-4H3/t11-,12+,15+/m0/s1. The first kappa shape index (κ1) is 13.9. The van der Waals surface area contributed by atoms with Crippen molar-refractivity contribution in [2.24, 2.45) is 5.92 Å². The van der Waals surface area contributed by atoms with Crippen LogP contribution in [0.1, 0.15) is 66.2 Å². The molecule has 0 N–H and O–H groups in total. The Labute approximate surface area is 110 Å². The summed E-state index contributed by atoms with van der Waals surface area (Å²) in [5.41, 5.74) is -0.348. The number of hydrogen-bond acceptors (Lipinski definition) is 3. The second-order valence-electron chi connectivity index (χ2n) is 6.57. The highest BCUT2D eigenvalue weighted by molar-refractivity contribution is 5.69. The van der Waals surface area contributed by atoms with Gasteiger partial charge in [-0.15, -0.1) is 0 Å². The molecule has 2 aliphatic heterocycles. The van der Waals surface area contributed by atoms with Crippen molar-refractivity contribution in [2.45, 2.75) is 83.5 Å². The minimum atomic E-state index is -0.278. The largest absolute Gasteiger partial charge is 0.459 e. The van der Waals surface area contributed by atoms with Gasteiger partial charge in [-0.05, 0) is 52.4 Å². The number of carbonyl (C=O) groups excluding carboxylic acids is 1. The monoisotopic (exact) mass is 254 g/mol. The summed E-state index contributed by atoms with van der Waals surface area (Å²) in [6.45, 7) is 8.50. The van der Waals surface area contributed by atoms with E-state index in [0.29, 0.717) is 12.3 Å². The summed E-state index contributed by atoms with van der Waals surface area (Å²) in [6.07, 6.45) is 5.59. The number of unbranched alkanes of at least 4 members (excludes halogenated alkanes) is 1. The number of hydrogen-bond donors (Lipinski definition) is 0. The first-order valence-corrected chi connectivity index (χ1v) is 7.27. The number of ether oxygens (including phenoxy) is 2. The highest BCUT2D eigenvalue weighted by Crippen LogP contribution is 2.50. The molecule has 104 valence electrons. The fraction of sp³-hybridized carbons (Fsp3) is 0.933. The lowest BCUT2D eigenvalue weighted by Gasteiger charge is -2.57. The van der Waals surface area contributed by atoms with Crippen LogP contribution >= 0.6 is 0 Å². The van der Waals surface area contributed by atoms with E-state index in [4.69, 9.17) is 9.47 Å². The van der Waals surface area contributed by atoms with Gasteiger partial charge in [0.25, 0.3) is 0 Å². The summed E-state index contributed by atoms with van der Waals surface area (Å²) < 4.78 is 11.9. The Bertz CT molecular complexity index is 324. The Morgan fingerprint density at radius 3 is 2.67 bits per heavy atom. The topological polar surface area (TPSA) is 35.5 Å². The van der Waals surface area contributed by atoms with E-state index in [1.807, 2.05) is 0 Å². The summed E-state index contributed by atoms with van der Waals surface area (Å²) in [7, 11) is 0. The van der Waals surface area contributed by atoms with Crippen LogP contribution in [0.5, 0.6) is 0 Å². The molecular weight excluding hydrogens is 228 g/mol. The third-order valence-electron chi connectivity index (χ3n) is 4.66. The van der Waals surface area contributed by atoms with E-state index in [1.54, 1.807) is 0 Å². The molecule has 3 nitrogen and oxygen atoms in total. The minimum absolute atomic E-state index is 0.0476. The molecule has 3 rings (SSSR count). The zero-order valence-corrected chi connectivity index (χ0v) is 12.1. The van der Waals surface area contributed by atoms with Crippen molar-refractivity contribution >= 4 is 5.97 Å². The summed E-state index contributed by atoms with van der Waals surface area (Å²) in [5, 5.41) is 0. The second-order valence-corrected chi connectivity index (χ2v) is 6.57. The van der Waals surface area contributed by atoms with Gasteiger partial charge in [0, 0.05) is 6.42 Å². The normalized spacial score (nSPS) is 37.6. The van der Waals surface area contributed by atoms with Crippen molar-refractivity contribution in [1.82, 2.24) is 0 Å². The van der Waals surface area contributed by atoms with Gasteiger partial charge in [-0.3, -0.25) is 4.79 Å². The van der Waals surface area contributed by atoms with Crippen LogP contribution in [0.25, 0.3) is 0 Å². The molecule has 2 bridgehead atoms. The van der Waals surface area contributed by atoms with Gasteiger partial charge in [-0.1, -0.05) is 13.3 Å². The Morgan fingerprint density at radius 2 is 2.11 bits per heavy atom. The van der Waals surface area contributed by atoms with Gasteiger partial charge in [0.05, 0.1) is 5.60 Å². The van der Waals surface area contributed by atoms with Crippen LogP contribution in [0.4, 0.5) is 0 Å². The van der Waals surface area contributed by atoms with Gasteiger partial charge in [-0.25, -0.2) is 0 Å². The molecule has 0 unspecified atom stereocenters. The maximum absolute atomic E-state index is 11.8. The van der Waals surface area contributed by atoms with Crippen LogP contribution in [0.2, 0.25) is 0 Å². The summed E-state index contributed by atoms with van der Waals surface area (Å²) in [5.74, 6) is 0.459. The minimum Gasteiger partial charge on any atom is -0.459 e. The van der Waals surface area contributed by atoms with Gasteiger partial charge in [0.15, 0.2) is 0 Å². The van der Waals surface area contributed by atoms with Crippen LogP contribution in [0, 0.1) is 5.92 Å². The molecule has 3 heteroatoms. The zero-order chi connectivity index (χ0) is 13.4. The smallest absolute Gasteiger partial charge is 0.306 e. The van der Waals surface area contributed by atoms with Crippen molar-refractivity contribution in [1.29, 1.82) is 0 Å². The molecule has 0 amide bonds. The highest BCUT2D eigenvalue weighted by Gasteiger charge is 2.55. The molecule has 1 aliphatic carbocycles. The maximum Gasteiger partial charge on any atom is 0.306 e. The molecule has 2 saturated heterocycles. The van der Waals surface area contributed by atoms with Gasteiger partial charge in [0.1, 0.15) is 11.7 Å². The number of esters is 1. The van der Waals surface area contributed by atoms with E-state index in [0.717, 1.165) is 25.7 Å². The highest BCUT2D eigenvalue weighted by atomic mass is 16.6. The Kier molecular flexibility index (Phi) is 3.72. The third-order valence-corrected chi connectivity index (χ3v) is 4.66. The van der Waals surface area contributed by atoms with Crippen LogP contribution in [0.3, 0.4) is 0 Å². The molecule has 0 aromatic rings. The van der Waals surface area contributed by atoms with Crippen molar-refractivity contribution in [2.75, 3.05) is 0 Å². The van der Waals surface area contributed by atoms with Gasteiger partial charge in [0.2, 0.25) is 0 Å². The molecule has 0 aromatic carbocycles. The van der Waals surface area contributed by atoms with E-state index < -0.39 is 0 Å². The molecule has 3 aliphatic rings. The molecule has 0 radical (unpaired) electrons. The van der Waals surface area contributed by atoms with E-state index in [2.05, 4.69) is 27.7 Å². The lowest BCUT2D eigenvalue weighted by atomic mass is 9.67. The summed E-state index contributed by atoms with van der Waals surface area (Å²) in [4.78, 5) is 11.8. The van der Waals surface area contributed by atoms with Crippen molar-refractivity contribution in [3.63, 3.8) is 0 Å². The average Bonchev–Trinajstić information content (AvgIpc) is 2.27. The summed E-state index contributed by atoms with van der Waals surface area (Å²) >= 11 is 0. The van der Waals surface area contributed by atoms with Crippen LogP contribution in [0.15, 0.2) is 0 Å². The Morgan fingerprint density at radius 1 is 1.39 bits per heavy atom. The predicted octanol–water partition coefficient (Wildman–Crippen LogP) is 3.46. The summed E-state index contributed by atoms with van der Waals surface area (Å²) in [6, 6.07) is 0. The fourth-order valence-corrected chi connectivity index (χ4v) is 3.39. The first-order valence-electron chi connectivity index (χ1n) is 7.27. The molecule has 2 heterocycles. The van der Waals surface area contributed by atoms with E-state index in [9.17, 15) is 4.79 Å². The van der Waals surface area contributed by atoms with Crippen molar-refractivity contribution in [3.8, 4) is 0 Å². The van der Waals surface area contributed by atoms with Gasteiger partial charge >= 0.3 is 5.97 Å². The van der Waals surface area contributed by atoms with Crippen LogP contribution in [-0.2, 0) is 14.3 Å². The fourth-order valence-electron chi connectivity index (χ4n) is 3.39. The van der Waals surface area contributed by atoms with Crippen molar-refractivity contribution in [3.05, 3.63) is 0 Å². The third kappa shape index (κ3) is 2.56. The lowest BCUT2D eigenvalue weighted by Crippen LogP contribution is -2.62. The Balaban J connectivity index is 1.97. The molecule has 0 aromatic heterocycles. The Hall–Kier alpha value is -0.570. The SMILES string of the molecule is CCCCC(=O)O[C@@H]1C[C@@H]2CC[C@@]1(C)OC2(C)C. The van der Waals surface area contributed by atoms with Crippen LogP contribution < -0.4 is 0 Å². The van der Waals surface area contributed by atoms with Gasteiger partial charge < -0.3 is 9.47 Å². The van der Waals surface area contributed by atoms with E-state index in [-0.39, 0.29) is 23.3 Å². The zero-order valence-electron chi connectivity index (χ0n) is 12.1. The lowest BCUT2D eigenvalue weighted by molar-refractivity contribution is -0.278. The second kappa shape index (κ2) is 4.84. The maximum atomic E-state index is 11.8. The number of fused-ring (bicyclic) bond motifs is 3. The number of carbonyl (C=O) groups is 1. The van der Waals surface area contributed by atoms with Crippen LogP contribution in [-0.4, -0.2) is 23.3 Å². The average molecular weight is 254 g/mol. The molecule has 1 saturated carbocycles. The molecule has 3 atom stereocenters. The van der Waals surface area contributed by atoms with Crippen molar-refractivity contribution < 1.29 is 14.3 Å². The molecule has 0 spiro atoms. The van der Waals surface area contributed by atoms with E-state index in [1.165, 1.54) is 6.42 Å². The quantitative estimate of drug-likeness (QED) is 0.721. The predicted molar refractivity (Wildman–Crippen MR) is 70.3 cm³/mol. The van der Waals surface area contributed by atoms with Gasteiger partial charge in [-0.2, -0.15) is 0 Å². The van der Waals surface area contributed by atoms with E-state index >= 15 is 0 Å².